The molecule has 0 saturated heterocycles. The number of nitrogens with zero attached hydrogens (tertiary/aromatic N) is 3. The molecule has 3 rings (SSSR count). The Morgan fingerprint density at radius 3 is 2.76 bits per heavy atom. The lowest BCUT2D eigenvalue weighted by atomic mass is 10.1. The van der Waals surface area contributed by atoms with Crippen LogP contribution in [0.25, 0.3) is 11.3 Å². The van der Waals surface area contributed by atoms with Crippen molar-refractivity contribution >= 4 is 5.91 Å². The zero-order valence-electron chi connectivity index (χ0n) is 13.4. The Bertz CT molecular complexity index is 824. The van der Waals surface area contributed by atoms with Gasteiger partial charge >= 0.3 is 0 Å². The number of rotatable bonds is 7. The summed E-state index contributed by atoms with van der Waals surface area (Å²) in [5.41, 5.74) is -0.143. The Kier molecular flexibility index (Phi) is 5.17. The maximum atomic E-state index is 13.9. The quantitative estimate of drug-likeness (QED) is 0.647. The van der Waals surface area contributed by atoms with E-state index >= 15 is 0 Å². The molecule has 0 spiro atoms. The van der Waals surface area contributed by atoms with Crippen LogP contribution in [0, 0.1) is 11.6 Å². The minimum atomic E-state index is -0.751. The van der Waals surface area contributed by atoms with Crippen molar-refractivity contribution in [3.05, 3.63) is 60.3 Å². The van der Waals surface area contributed by atoms with E-state index in [0.29, 0.717) is 6.54 Å². The van der Waals surface area contributed by atoms with Crippen molar-refractivity contribution < 1.29 is 13.6 Å². The Labute approximate surface area is 142 Å². The second-order valence-corrected chi connectivity index (χ2v) is 5.52. The van der Waals surface area contributed by atoms with E-state index < -0.39 is 17.5 Å². The van der Waals surface area contributed by atoms with Gasteiger partial charge in [-0.15, -0.1) is 0 Å². The van der Waals surface area contributed by atoms with Crippen LogP contribution in [0.1, 0.15) is 23.2 Å². The highest BCUT2D eigenvalue weighted by atomic mass is 19.1. The number of hydrogen-bond donors (Lipinski definition) is 2. The number of hydrogen-bond acceptors (Lipinski definition) is 3. The molecule has 0 unspecified atom stereocenters. The van der Waals surface area contributed by atoms with Crippen LogP contribution in [0.5, 0.6) is 0 Å². The fourth-order valence-corrected chi connectivity index (χ4v) is 2.52. The lowest BCUT2D eigenvalue weighted by molar-refractivity contribution is 0.0953. The molecule has 0 aliphatic rings. The lowest BCUT2D eigenvalue weighted by Crippen LogP contribution is -2.25. The van der Waals surface area contributed by atoms with E-state index in [1.807, 2.05) is 10.8 Å². The fourth-order valence-electron chi connectivity index (χ4n) is 2.52. The third-order valence-corrected chi connectivity index (χ3v) is 3.78. The number of aromatic nitrogens is 4. The van der Waals surface area contributed by atoms with E-state index in [1.54, 1.807) is 12.5 Å². The molecule has 0 fully saturated rings. The van der Waals surface area contributed by atoms with Gasteiger partial charge in [-0.2, -0.15) is 5.10 Å². The number of carbonyl (C=O) groups is 1. The molecule has 130 valence electrons. The molecule has 1 amide bonds. The van der Waals surface area contributed by atoms with Crippen molar-refractivity contribution in [3.8, 4) is 11.3 Å². The summed E-state index contributed by atoms with van der Waals surface area (Å²) in [5, 5.41) is 9.00. The summed E-state index contributed by atoms with van der Waals surface area (Å²) in [6.07, 6.45) is 8.23. The first-order chi connectivity index (χ1) is 12.2. The number of nitrogens with one attached hydrogen (secondary N) is 2. The Hall–Kier alpha value is -3.03. The van der Waals surface area contributed by atoms with Crippen LogP contribution >= 0.6 is 0 Å². The normalized spacial score (nSPS) is 10.8. The van der Waals surface area contributed by atoms with Gasteiger partial charge < -0.3 is 9.88 Å². The Balaban J connectivity index is 1.59. The molecular formula is C17H17F2N5O. The average molecular weight is 345 g/mol. The third-order valence-electron chi connectivity index (χ3n) is 3.78. The van der Waals surface area contributed by atoms with Crippen molar-refractivity contribution in [2.75, 3.05) is 6.54 Å². The summed E-state index contributed by atoms with van der Waals surface area (Å²) in [5.74, 6) is -1.92. The largest absolute Gasteiger partial charge is 0.352 e. The monoisotopic (exact) mass is 345 g/mol. The van der Waals surface area contributed by atoms with Crippen molar-refractivity contribution in [2.24, 2.45) is 0 Å². The number of benzene rings is 1. The Morgan fingerprint density at radius 1 is 1.24 bits per heavy atom. The molecule has 3 aromatic rings. The van der Waals surface area contributed by atoms with Crippen molar-refractivity contribution in [1.29, 1.82) is 0 Å². The lowest BCUT2D eigenvalue weighted by Gasteiger charge is -2.07. The van der Waals surface area contributed by atoms with Gasteiger partial charge in [0.15, 0.2) is 0 Å². The van der Waals surface area contributed by atoms with E-state index in [-0.39, 0.29) is 16.8 Å². The third kappa shape index (κ3) is 3.90. The van der Waals surface area contributed by atoms with Crippen LogP contribution in [0.2, 0.25) is 0 Å². The highest BCUT2D eigenvalue weighted by Gasteiger charge is 2.20. The first kappa shape index (κ1) is 16.8. The van der Waals surface area contributed by atoms with Crippen molar-refractivity contribution in [1.82, 2.24) is 25.1 Å². The van der Waals surface area contributed by atoms with Gasteiger partial charge in [0.25, 0.3) is 5.91 Å². The number of unbranched alkanes of at least 4 members (excludes halogenated alkanes) is 1. The molecule has 0 bridgehead atoms. The van der Waals surface area contributed by atoms with Crippen LogP contribution < -0.4 is 5.32 Å². The number of amides is 1. The first-order valence-corrected chi connectivity index (χ1v) is 7.88. The topological polar surface area (TPSA) is 75.6 Å². The van der Waals surface area contributed by atoms with E-state index in [1.165, 1.54) is 12.3 Å². The second-order valence-electron chi connectivity index (χ2n) is 5.52. The van der Waals surface area contributed by atoms with Crippen molar-refractivity contribution in [3.63, 3.8) is 0 Å². The minimum Gasteiger partial charge on any atom is -0.352 e. The van der Waals surface area contributed by atoms with E-state index in [9.17, 15) is 13.6 Å². The molecule has 2 N–H and O–H groups in total. The van der Waals surface area contributed by atoms with Crippen molar-refractivity contribution in [2.45, 2.75) is 19.4 Å². The van der Waals surface area contributed by atoms with Gasteiger partial charge in [0, 0.05) is 25.5 Å². The zero-order chi connectivity index (χ0) is 17.6. The molecule has 6 nitrogen and oxygen atoms in total. The van der Waals surface area contributed by atoms with Gasteiger partial charge in [-0.1, -0.05) is 6.07 Å². The highest BCUT2D eigenvalue weighted by molar-refractivity contribution is 5.99. The van der Waals surface area contributed by atoms with Crippen LogP contribution in [-0.4, -0.2) is 32.2 Å². The number of halogens is 2. The molecule has 8 heteroatoms. The van der Waals surface area contributed by atoms with Gasteiger partial charge in [-0.3, -0.25) is 9.89 Å². The molecule has 0 radical (unpaired) electrons. The summed E-state index contributed by atoms with van der Waals surface area (Å²) in [6.45, 7) is 1.27. The summed E-state index contributed by atoms with van der Waals surface area (Å²) in [7, 11) is 0. The molecular weight excluding hydrogens is 328 g/mol. The maximum absolute atomic E-state index is 13.9. The molecule has 0 aliphatic heterocycles. The minimum absolute atomic E-state index is 0.0338. The fraction of sp³-hybridized carbons (Fsp3) is 0.235. The SMILES string of the molecule is O=C(NCCCCn1ccnc1)c1cn[nH]c1-c1c(F)cccc1F. The molecule has 0 aliphatic carbocycles. The predicted octanol–water partition coefficient (Wildman–Crippen LogP) is 2.76. The summed E-state index contributed by atoms with van der Waals surface area (Å²) in [6, 6.07) is 3.54. The van der Waals surface area contributed by atoms with E-state index in [0.717, 1.165) is 31.5 Å². The van der Waals surface area contributed by atoms with Gasteiger partial charge in [-0.05, 0) is 25.0 Å². The molecule has 2 heterocycles. The number of aryl methyl sites for hydroxylation is 1. The second kappa shape index (κ2) is 7.69. The Morgan fingerprint density at radius 2 is 2.04 bits per heavy atom. The standard InChI is InChI=1S/C17H17F2N5O/c18-13-4-3-5-14(19)15(13)16-12(10-22-23-16)17(25)21-6-1-2-8-24-9-7-20-11-24/h3-5,7,9-11H,1-2,6,8H2,(H,21,25)(H,22,23). The van der Waals surface area contributed by atoms with E-state index in [2.05, 4.69) is 20.5 Å². The zero-order valence-corrected chi connectivity index (χ0v) is 13.4. The molecule has 25 heavy (non-hydrogen) atoms. The van der Waals surface area contributed by atoms with Gasteiger partial charge in [-0.25, -0.2) is 13.8 Å². The van der Waals surface area contributed by atoms with Crippen LogP contribution in [0.15, 0.2) is 43.1 Å². The predicted molar refractivity (Wildman–Crippen MR) is 87.7 cm³/mol. The first-order valence-electron chi connectivity index (χ1n) is 7.88. The maximum Gasteiger partial charge on any atom is 0.255 e. The summed E-state index contributed by atoms with van der Waals surface area (Å²) < 4.78 is 29.8. The van der Waals surface area contributed by atoms with Crippen LogP contribution in [0.3, 0.4) is 0 Å². The van der Waals surface area contributed by atoms with Crippen LogP contribution in [0.4, 0.5) is 8.78 Å². The smallest absolute Gasteiger partial charge is 0.255 e. The number of carbonyl (C=O) groups excluding carboxylic acids is 1. The summed E-state index contributed by atoms with van der Waals surface area (Å²) in [4.78, 5) is 16.2. The molecule has 0 atom stereocenters. The summed E-state index contributed by atoms with van der Waals surface area (Å²) >= 11 is 0. The van der Waals surface area contributed by atoms with Crippen LogP contribution in [-0.2, 0) is 6.54 Å². The van der Waals surface area contributed by atoms with Gasteiger partial charge in [0.1, 0.15) is 11.6 Å². The number of H-pyrrole nitrogens is 1. The number of imidazole rings is 1. The molecule has 0 saturated carbocycles. The van der Waals surface area contributed by atoms with E-state index in [4.69, 9.17) is 0 Å². The number of aromatic amines is 1. The molecule has 2 aromatic heterocycles. The average Bonchev–Trinajstić information content (AvgIpc) is 3.26. The van der Waals surface area contributed by atoms with Gasteiger partial charge in [0.05, 0.1) is 29.3 Å². The molecule has 1 aromatic carbocycles. The highest BCUT2D eigenvalue weighted by Crippen LogP contribution is 2.26. The van der Waals surface area contributed by atoms with Gasteiger partial charge in [0.2, 0.25) is 0 Å².